The van der Waals surface area contributed by atoms with Crippen LogP contribution in [0.4, 0.5) is 16.2 Å². The van der Waals surface area contributed by atoms with E-state index in [0.29, 0.717) is 0 Å². The normalized spacial score (nSPS) is 8.78. The van der Waals surface area contributed by atoms with Gasteiger partial charge in [0.05, 0.1) is 0 Å². The number of rotatable bonds is 3. The van der Waals surface area contributed by atoms with Crippen molar-refractivity contribution >= 4 is 17.4 Å². The summed E-state index contributed by atoms with van der Waals surface area (Å²) in [6, 6.07) is 15.3. The molecule has 2 aromatic rings. The van der Waals surface area contributed by atoms with Gasteiger partial charge >= 0.3 is 6.03 Å². The van der Waals surface area contributed by atoms with Gasteiger partial charge in [0.25, 0.3) is 0 Å². The predicted molar refractivity (Wildman–Crippen MR) is 102 cm³/mol. The number of hydrogen-bond acceptors (Lipinski definition) is 1. The minimum atomic E-state index is -0.227. The van der Waals surface area contributed by atoms with Gasteiger partial charge in [-0.3, -0.25) is 0 Å². The van der Waals surface area contributed by atoms with Crippen LogP contribution in [0.5, 0.6) is 0 Å². The summed E-state index contributed by atoms with van der Waals surface area (Å²) in [6.45, 7) is 12.1. The molecule has 0 unspecified atom stereocenters. The number of urea groups is 1. The second kappa shape index (κ2) is 12.3. The highest BCUT2D eigenvalue weighted by Crippen LogP contribution is 2.12. The summed E-state index contributed by atoms with van der Waals surface area (Å²) in [7, 11) is 0. The van der Waals surface area contributed by atoms with E-state index in [2.05, 4.69) is 17.6 Å². The number of carbonyl (C=O) groups excluding carboxylic acids is 1. The van der Waals surface area contributed by atoms with E-state index in [-0.39, 0.29) is 6.03 Å². The lowest BCUT2D eigenvalue weighted by molar-refractivity contribution is 0.262. The van der Waals surface area contributed by atoms with Crippen LogP contribution < -0.4 is 10.6 Å². The van der Waals surface area contributed by atoms with E-state index in [4.69, 9.17) is 0 Å². The first-order valence-corrected chi connectivity index (χ1v) is 8.41. The monoisotopic (exact) mass is 314 g/mol. The van der Waals surface area contributed by atoms with E-state index in [1.165, 1.54) is 5.56 Å². The highest BCUT2D eigenvalue weighted by Gasteiger charge is 2.02. The van der Waals surface area contributed by atoms with Crippen LogP contribution in [0.2, 0.25) is 0 Å². The van der Waals surface area contributed by atoms with Crippen LogP contribution in [0.15, 0.2) is 48.5 Å². The Balaban J connectivity index is 0.00000112. The molecule has 0 spiro atoms. The molecular formula is C20H30N2O. The molecule has 0 aliphatic heterocycles. The van der Waals surface area contributed by atoms with Crippen LogP contribution in [-0.4, -0.2) is 6.03 Å². The van der Waals surface area contributed by atoms with Crippen molar-refractivity contribution in [3.05, 3.63) is 59.7 Å². The summed E-state index contributed by atoms with van der Waals surface area (Å²) < 4.78 is 0. The first kappa shape index (κ1) is 20.7. The van der Waals surface area contributed by atoms with Crippen molar-refractivity contribution in [2.45, 2.75) is 48.0 Å². The van der Waals surface area contributed by atoms with Gasteiger partial charge in [-0.05, 0) is 48.7 Å². The molecule has 0 atom stereocenters. The molecule has 3 heteroatoms. The molecule has 0 aliphatic carbocycles. The molecule has 0 saturated heterocycles. The predicted octanol–water partition coefficient (Wildman–Crippen LogP) is 6.25. The van der Waals surface area contributed by atoms with E-state index in [9.17, 15) is 4.79 Å². The largest absolute Gasteiger partial charge is 0.323 e. The Bertz CT molecular complexity index is 562. The van der Waals surface area contributed by atoms with Gasteiger partial charge in [0, 0.05) is 11.4 Å². The highest BCUT2D eigenvalue weighted by molar-refractivity contribution is 5.99. The molecule has 23 heavy (non-hydrogen) atoms. The maximum atomic E-state index is 11.8. The number of benzene rings is 2. The maximum absolute atomic E-state index is 11.8. The molecule has 0 bridgehead atoms. The number of nitrogens with one attached hydrogen (secondary N) is 2. The lowest BCUT2D eigenvalue weighted by atomic mass is 10.1. The van der Waals surface area contributed by atoms with Crippen molar-refractivity contribution in [1.29, 1.82) is 0 Å². The maximum Gasteiger partial charge on any atom is 0.323 e. The number of carbonyl (C=O) groups is 1. The number of amides is 2. The molecule has 3 nitrogen and oxygen atoms in total. The van der Waals surface area contributed by atoms with E-state index in [1.54, 1.807) is 0 Å². The van der Waals surface area contributed by atoms with Crippen LogP contribution >= 0.6 is 0 Å². The molecule has 0 aromatic heterocycles. The summed E-state index contributed by atoms with van der Waals surface area (Å²) in [5, 5.41) is 5.62. The third kappa shape index (κ3) is 8.05. The average Bonchev–Trinajstić information content (AvgIpc) is 2.59. The Labute approximate surface area is 141 Å². The zero-order chi connectivity index (χ0) is 17.7. The van der Waals surface area contributed by atoms with E-state index in [0.717, 1.165) is 23.4 Å². The average molecular weight is 314 g/mol. The smallest absolute Gasteiger partial charge is 0.308 e. The van der Waals surface area contributed by atoms with Crippen LogP contribution in [0.3, 0.4) is 0 Å². The van der Waals surface area contributed by atoms with Gasteiger partial charge in [0.15, 0.2) is 0 Å². The van der Waals surface area contributed by atoms with E-state index < -0.39 is 0 Å². The first-order valence-electron chi connectivity index (χ1n) is 8.41. The molecule has 0 fully saturated rings. The van der Waals surface area contributed by atoms with E-state index >= 15 is 0 Å². The first-order chi connectivity index (χ1) is 11.2. The van der Waals surface area contributed by atoms with Crippen LogP contribution in [0.1, 0.15) is 45.7 Å². The molecule has 0 saturated carbocycles. The third-order valence-electron chi connectivity index (χ3n) is 2.90. The third-order valence-corrected chi connectivity index (χ3v) is 2.90. The van der Waals surface area contributed by atoms with Gasteiger partial charge in [-0.2, -0.15) is 0 Å². The van der Waals surface area contributed by atoms with Gasteiger partial charge in [-0.15, -0.1) is 0 Å². The number of anilines is 2. The van der Waals surface area contributed by atoms with Crippen molar-refractivity contribution in [1.82, 2.24) is 0 Å². The van der Waals surface area contributed by atoms with Crippen LogP contribution in [0, 0.1) is 6.92 Å². The fraction of sp³-hybridized carbons (Fsp3) is 0.350. The van der Waals surface area contributed by atoms with Gasteiger partial charge in [-0.25, -0.2) is 4.79 Å². The van der Waals surface area contributed by atoms with Crippen molar-refractivity contribution in [2.24, 2.45) is 0 Å². The van der Waals surface area contributed by atoms with Crippen molar-refractivity contribution in [2.75, 3.05) is 10.6 Å². The Morgan fingerprint density at radius 2 is 1.43 bits per heavy atom. The highest BCUT2D eigenvalue weighted by atomic mass is 16.2. The minimum Gasteiger partial charge on any atom is -0.308 e. The van der Waals surface area contributed by atoms with Crippen molar-refractivity contribution in [3.63, 3.8) is 0 Å². The zero-order valence-electron chi connectivity index (χ0n) is 15.2. The Hall–Kier alpha value is -2.29. The molecule has 2 aromatic carbocycles. The quantitative estimate of drug-likeness (QED) is 0.690. The van der Waals surface area contributed by atoms with Crippen LogP contribution in [-0.2, 0) is 6.42 Å². The molecule has 126 valence electrons. The molecule has 0 radical (unpaired) electrons. The summed E-state index contributed by atoms with van der Waals surface area (Å²) in [4.78, 5) is 11.8. The fourth-order valence-corrected chi connectivity index (χ4v) is 1.84. The Morgan fingerprint density at radius 1 is 0.870 bits per heavy atom. The summed E-state index contributed by atoms with van der Waals surface area (Å²) in [6.07, 6.45) is 0.996. The SMILES string of the molecule is CC.CC.CCc1ccc(NC(=O)Nc2cccc(C)c2)cc1. The lowest BCUT2D eigenvalue weighted by Gasteiger charge is -2.08. The van der Waals surface area contributed by atoms with Gasteiger partial charge < -0.3 is 10.6 Å². The Kier molecular flexibility index (Phi) is 11.1. The standard InChI is InChI=1S/C16H18N2O.2C2H6/c1-3-13-7-9-14(10-8-13)17-16(19)18-15-6-4-5-12(2)11-15;2*1-2/h4-11H,3H2,1-2H3,(H2,17,18,19);2*1-2H3. The summed E-state index contributed by atoms with van der Waals surface area (Å²) in [5.74, 6) is 0. The fourth-order valence-electron chi connectivity index (χ4n) is 1.84. The minimum absolute atomic E-state index is 0.227. The Morgan fingerprint density at radius 3 is 1.96 bits per heavy atom. The molecule has 2 amide bonds. The summed E-state index contributed by atoms with van der Waals surface area (Å²) >= 11 is 0. The van der Waals surface area contributed by atoms with Crippen molar-refractivity contribution in [3.8, 4) is 0 Å². The number of aryl methyl sites for hydroxylation is 2. The molecule has 2 N–H and O–H groups in total. The molecular weight excluding hydrogens is 284 g/mol. The van der Waals surface area contributed by atoms with E-state index in [1.807, 2.05) is 83.1 Å². The lowest BCUT2D eigenvalue weighted by Crippen LogP contribution is -2.19. The summed E-state index contributed by atoms with van der Waals surface area (Å²) in [5.41, 5.74) is 3.96. The topological polar surface area (TPSA) is 41.1 Å². The van der Waals surface area contributed by atoms with Crippen LogP contribution in [0.25, 0.3) is 0 Å². The van der Waals surface area contributed by atoms with Gasteiger partial charge in [0.2, 0.25) is 0 Å². The molecule has 0 aliphatic rings. The number of hydrogen-bond donors (Lipinski definition) is 2. The second-order valence-electron chi connectivity index (χ2n) is 4.50. The molecule has 0 heterocycles. The second-order valence-corrected chi connectivity index (χ2v) is 4.50. The zero-order valence-corrected chi connectivity index (χ0v) is 15.2. The van der Waals surface area contributed by atoms with Gasteiger partial charge in [0.1, 0.15) is 0 Å². The molecule has 2 rings (SSSR count). The van der Waals surface area contributed by atoms with Crippen molar-refractivity contribution < 1.29 is 4.79 Å². The van der Waals surface area contributed by atoms with Gasteiger partial charge in [-0.1, -0.05) is 58.9 Å².